The topological polar surface area (TPSA) is 113 Å². The van der Waals surface area contributed by atoms with Gasteiger partial charge in [-0.05, 0) is 6.42 Å². The van der Waals surface area contributed by atoms with Crippen LogP contribution in [0.4, 0.5) is 0 Å². The second-order valence-electron chi connectivity index (χ2n) is 3.74. The molecule has 2 unspecified atom stereocenters. The largest absolute Gasteiger partial charge is 0.481 e. The van der Waals surface area contributed by atoms with Gasteiger partial charge in [0.2, 0.25) is 15.9 Å². The highest BCUT2D eigenvalue weighted by Crippen LogP contribution is 2.38. The van der Waals surface area contributed by atoms with Crippen LogP contribution in [0.5, 0.6) is 0 Å². The minimum atomic E-state index is -3.25. The summed E-state index contributed by atoms with van der Waals surface area (Å²) in [5, 5.41) is 11.1. The molecule has 0 spiro atoms. The fraction of sp³-hybridized carbons (Fsp3) is 0.750. The summed E-state index contributed by atoms with van der Waals surface area (Å²) < 4.78 is 23.5. The predicted octanol–water partition coefficient (Wildman–Crippen LogP) is -1.63. The van der Waals surface area contributed by atoms with Gasteiger partial charge in [-0.2, -0.15) is 0 Å². The number of sulfonamides is 1. The van der Waals surface area contributed by atoms with E-state index in [0.717, 1.165) is 6.26 Å². The lowest BCUT2D eigenvalue weighted by molar-refractivity contribution is -0.140. The number of carboxylic acid groups (broad SMARTS) is 1. The number of aliphatic carboxylic acids is 1. The van der Waals surface area contributed by atoms with Crippen LogP contribution in [0.3, 0.4) is 0 Å². The van der Waals surface area contributed by atoms with Gasteiger partial charge in [0, 0.05) is 13.1 Å². The molecule has 2 atom stereocenters. The quantitative estimate of drug-likeness (QED) is 0.490. The number of nitrogens with one attached hydrogen (secondary N) is 2. The van der Waals surface area contributed by atoms with Crippen molar-refractivity contribution in [1.29, 1.82) is 0 Å². The molecule has 1 fully saturated rings. The van der Waals surface area contributed by atoms with E-state index in [1.165, 1.54) is 0 Å². The summed E-state index contributed by atoms with van der Waals surface area (Å²) >= 11 is 0. The lowest BCUT2D eigenvalue weighted by atomic mass is 10.3. The third-order valence-electron chi connectivity index (χ3n) is 2.23. The van der Waals surface area contributed by atoms with Gasteiger partial charge in [-0.25, -0.2) is 13.1 Å². The number of carbonyl (C=O) groups is 2. The van der Waals surface area contributed by atoms with Gasteiger partial charge >= 0.3 is 5.97 Å². The minimum Gasteiger partial charge on any atom is -0.481 e. The molecule has 0 heterocycles. The standard InChI is InChI=1S/C8H14N2O5S/c1-16(14,15)10-3-2-9-7(11)5-4-6(5)8(12)13/h5-6,10H,2-4H2,1H3,(H,9,11)(H,12,13). The van der Waals surface area contributed by atoms with E-state index in [-0.39, 0.29) is 19.0 Å². The maximum atomic E-state index is 11.3. The highest BCUT2D eigenvalue weighted by atomic mass is 32.2. The van der Waals surface area contributed by atoms with Crippen LogP contribution in [0.25, 0.3) is 0 Å². The molecule has 0 saturated heterocycles. The van der Waals surface area contributed by atoms with Crippen molar-refractivity contribution >= 4 is 21.9 Å². The average Bonchev–Trinajstić information content (AvgIpc) is 2.89. The maximum Gasteiger partial charge on any atom is 0.307 e. The number of hydrogen-bond donors (Lipinski definition) is 3. The highest BCUT2D eigenvalue weighted by Gasteiger charge is 2.48. The Labute approximate surface area is 93.3 Å². The Kier molecular flexibility index (Phi) is 3.87. The lowest BCUT2D eigenvalue weighted by Gasteiger charge is -2.04. The van der Waals surface area contributed by atoms with Crippen molar-refractivity contribution in [2.24, 2.45) is 11.8 Å². The molecule has 0 aromatic rings. The Hall–Kier alpha value is -1.15. The van der Waals surface area contributed by atoms with E-state index in [0.29, 0.717) is 6.42 Å². The van der Waals surface area contributed by atoms with E-state index < -0.39 is 27.8 Å². The molecule has 0 radical (unpaired) electrons. The van der Waals surface area contributed by atoms with E-state index in [1.807, 2.05) is 0 Å². The molecule has 1 saturated carbocycles. The van der Waals surface area contributed by atoms with Crippen molar-refractivity contribution in [3.8, 4) is 0 Å². The van der Waals surface area contributed by atoms with Crippen LogP contribution in [0.2, 0.25) is 0 Å². The van der Waals surface area contributed by atoms with Gasteiger partial charge in [-0.1, -0.05) is 0 Å². The number of carbonyl (C=O) groups excluding carboxylic acids is 1. The Morgan fingerprint density at radius 2 is 1.94 bits per heavy atom. The number of hydrogen-bond acceptors (Lipinski definition) is 4. The van der Waals surface area contributed by atoms with Crippen molar-refractivity contribution in [2.45, 2.75) is 6.42 Å². The second-order valence-corrected chi connectivity index (χ2v) is 5.58. The molecule has 16 heavy (non-hydrogen) atoms. The summed E-state index contributed by atoms with van der Waals surface area (Å²) in [5.41, 5.74) is 0. The SMILES string of the molecule is CS(=O)(=O)NCCNC(=O)C1CC1C(=O)O. The molecule has 1 amide bonds. The first-order valence-corrected chi connectivity index (χ1v) is 6.65. The zero-order valence-corrected chi connectivity index (χ0v) is 9.58. The third-order valence-corrected chi connectivity index (χ3v) is 2.96. The minimum absolute atomic E-state index is 0.106. The van der Waals surface area contributed by atoms with E-state index in [9.17, 15) is 18.0 Å². The lowest BCUT2D eigenvalue weighted by Crippen LogP contribution is -2.35. The van der Waals surface area contributed by atoms with Crippen LogP contribution in [-0.4, -0.2) is 44.7 Å². The molecule has 0 aromatic carbocycles. The molecule has 0 aromatic heterocycles. The van der Waals surface area contributed by atoms with Gasteiger partial charge in [0.15, 0.2) is 0 Å². The fourth-order valence-electron chi connectivity index (χ4n) is 1.31. The van der Waals surface area contributed by atoms with E-state index in [1.54, 1.807) is 0 Å². The summed E-state index contributed by atoms with van der Waals surface area (Å²) in [6.45, 7) is 0.268. The monoisotopic (exact) mass is 250 g/mol. The van der Waals surface area contributed by atoms with Gasteiger partial charge in [0.25, 0.3) is 0 Å². The second kappa shape index (κ2) is 4.79. The molecular weight excluding hydrogens is 236 g/mol. The first-order chi connectivity index (χ1) is 7.31. The summed E-state index contributed by atoms with van der Waals surface area (Å²) in [5.74, 6) is -2.34. The van der Waals surface area contributed by atoms with E-state index in [4.69, 9.17) is 5.11 Å². The van der Waals surface area contributed by atoms with Crippen molar-refractivity contribution < 1.29 is 23.1 Å². The van der Waals surface area contributed by atoms with Crippen LogP contribution < -0.4 is 10.0 Å². The number of amides is 1. The molecule has 0 aliphatic heterocycles. The fourth-order valence-corrected chi connectivity index (χ4v) is 1.78. The summed E-state index contributed by atoms with van der Waals surface area (Å²) in [6, 6.07) is 0. The van der Waals surface area contributed by atoms with Gasteiger partial charge in [0.1, 0.15) is 0 Å². The summed E-state index contributed by atoms with van der Waals surface area (Å²) in [6.07, 6.45) is 1.39. The van der Waals surface area contributed by atoms with Gasteiger partial charge in [0.05, 0.1) is 18.1 Å². The number of carboxylic acids is 1. The van der Waals surface area contributed by atoms with E-state index >= 15 is 0 Å². The predicted molar refractivity (Wildman–Crippen MR) is 55.1 cm³/mol. The molecule has 8 heteroatoms. The van der Waals surface area contributed by atoms with Crippen LogP contribution in [0.1, 0.15) is 6.42 Å². The van der Waals surface area contributed by atoms with Crippen molar-refractivity contribution in [1.82, 2.24) is 10.0 Å². The smallest absolute Gasteiger partial charge is 0.307 e. The third kappa shape index (κ3) is 4.15. The molecule has 92 valence electrons. The summed E-state index contributed by atoms with van der Waals surface area (Å²) in [4.78, 5) is 21.8. The molecule has 7 nitrogen and oxygen atoms in total. The van der Waals surface area contributed by atoms with Gasteiger partial charge < -0.3 is 10.4 Å². The Balaban J connectivity index is 2.16. The Bertz CT molecular complexity index is 391. The average molecular weight is 250 g/mol. The molecule has 0 bridgehead atoms. The van der Waals surface area contributed by atoms with Crippen LogP contribution in [0.15, 0.2) is 0 Å². The Morgan fingerprint density at radius 1 is 1.31 bits per heavy atom. The van der Waals surface area contributed by atoms with Crippen molar-refractivity contribution in [3.63, 3.8) is 0 Å². The van der Waals surface area contributed by atoms with Gasteiger partial charge in [-0.3, -0.25) is 9.59 Å². The Morgan fingerprint density at radius 3 is 2.38 bits per heavy atom. The molecule has 1 aliphatic carbocycles. The summed E-state index contributed by atoms with van der Waals surface area (Å²) in [7, 11) is -3.25. The molecular formula is C8H14N2O5S. The first-order valence-electron chi connectivity index (χ1n) is 4.76. The molecule has 1 aliphatic rings. The van der Waals surface area contributed by atoms with Crippen molar-refractivity contribution in [2.75, 3.05) is 19.3 Å². The maximum absolute atomic E-state index is 11.3. The van der Waals surface area contributed by atoms with E-state index in [2.05, 4.69) is 10.0 Å². The van der Waals surface area contributed by atoms with Gasteiger partial charge in [-0.15, -0.1) is 0 Å². The van der Waals surface area contributed by atoms with Crippen molar-refractivity contribution in [3.05, 3.63) is 0 Å². The first kappa shape index (κ1) is 12.9. The van der Waals surface area contributed by atoms with Crippen LogP contribution in [-0.2, 0) is 19.6 Å². The normalized spacial score (nSPS) is 23.8. The van der Waals surface area contributed by atoms with Crippen LogP contribution >= 0.6 is 0 Å². The zero-order valence-electron chi connectivity index (χ0n) is 8.76. The molecule has 3 N–H and O–H groups in total. The zero-order chi connectivity index (χ0) is 12.3. The van der Waals surface area contributed by atoms with Crippen LogP contribution in [0, 0.1) is 11.8 Å². The number of rotatable bonds is 6. The highest BCUT2D eigenvalue weighted by molar-refractivity contribution is 7.88. The molecule has 1 rings (SSSR count).